The Labute approximate surface area is 192 Å². The normalized spacial score (nSPS) is 13.3. The lowest BCUT2D eigenvalue weighted by Crippen LogP contribution is -2.14. The molecule has 0 bridgehead atoms. The SMILES string of the molecule is CC(C)c1cc(Oc2c(Cl)cc(NC(=O)Cc3cccnc3)cc2Cl)ccc1C1CC1. The first-order valence-corrected chi connectivity index (χ1v) is 11.2. The van der Waals surface area contributed by atoms with E-state index in [0.29, 0.717) is 39.1 Å². The van der Waals surface area contributed by atoms with Crippen LogP contribution in [0.1, 0.15) is 55.2 Å². The van der Waals surface area contributed by atoms with E-state index in [2.05, 4.69) is 36.3 Å². The first-order valence-electron chi connectivity index (χ1n) is 10.4. The van der Waals surface area contributed by atoms with Crippen molar-refractivity contribution in [3.05, 3.63) is 81.6 Å². The van der Waals surface area contributed by atoms with Crippen molar-refractivity contribution in [2.24, 2.45) is 0 Å². The molecule has 160 valence electrons. The summed E-state index contributed by atoms with van der Waals surface area (Å²) >= 11 is 12.9. The third-order valence-corrected chi connectivity index (χ3v) is 5.85. The number of aromatic nitrogens is 1. The topological polar surface area (TPSA) is 51.2 Å². The van der Waals surface area contributed by atoms with Gasteiger partial charge in [-0.3, -0.25) is 9.78 Å². The van der Waals surface area contributed by atoms with Gasteiger partial charge in [0.1, 0.15) is 5.75 Å². The van der Waals surface area contributed by atoms with Gasteiger partial charge >= 0.3 is 0 Å². The van der Waals surface area contributed by atoms with Gasteiger partial charge in [0, 0.05) is 18.1 Å². The first kappa shape index (κ1) is 21.7. The fraction of sp³-hybridized carbons (Fsp3) is 0.280. The third-order valence-electron chi connectivity index (χ3n) is 5.29. The number of ether oxygens (including phenoxy) is 1. The molecule has 0 atom stereocenters. The number of carbonyl (C=O) groups excluding carboxylic acids is 1. The third kappa shape index (κ3) is 5.38. The van der Waals surface area contributed by atoms with Crippen molar-refractivity contribution >= 4 is 34.8 Å². The average Bonchev–Trinajstić information content (AvgIpc) is 3.56. The predicted octanol–water partition coefficient (Wildman–Crippen LogP) is 7.36. The van der Waals surface area contributed by atoms with Crippen LogP contribution in [0.5, 0.6) is 11.5 Å². The molecule has 0 unspecified atom stereocenters. The van der Waals surface area contributed by atoms with Crippen LogP contribution in [0.15, 0.2) is 54.9 Å². The molecule has 1 aliphatic carbocycles. The van der Waals surface area contributed by atoms with Crippen molar-refractivity contribution in [2.45, 2.75) is 44.9 Å². The Morgan fingerprint density at radius 2 is 1.90 bits per heavy atom. The Hall–Kier alpha value is -2.56. The summed E-state index contributed by atoms with van der Waals surface area (Å²) in [6, 6.07) is 13.1. The first-order chi connectivity index (χ1) is 14.9. The molecule has 31 heavy (non-hydrogen) atoms. The molecule has 4 rings (SSSR count). The number of hydrogen-bond acceptors (Lipinski definition) is 3. The highest BCUT2D eigenvalue weighted by Gasteiger charge is 2.27. The lowest BCUT2D eigenvalue weighted by molar-refractivity contribution is -0.115. The van der Waals surface area contributed by atoms with Crippen molar-refractivity contribution in [3.8, 4) is 11.5 Å². The number of hydrogen-bond donors (Lipinski definition) is 1. The molecular formula is C25H24Cl2N2O2. The molecule has 1 saturated carbocycles. The molecule has 1 fully saturated rings. The van der Waals surface area contributed by atoms with Crippen LogP contribution in [-0.4, -0.2) is 10.9 Å². The number of halogens is 2. The van der Waals surface area contributed by atoms with Gasteiger partial charge in [-0.05, 0) is 71.7 Å². The van der Waals surface area contributed by atoms with Crippen molar-refractivity contribution in [2.75, 3.05) is 5.32 Å². The van der Waals surface area contributed by atoms with E-state index >= 15 is 0 Å². The second-order valence-corrected chi connectivity index (χ2v) is 8.99. The monoisotopic (exact) mass is 454 g/mol. The molecule has 3 aromatic rings. The van der Waals surface area contributed by atoms with Crippen molar-refractivity contribution in [1.29, 1.82) is 0 Å². The van der Waals surface area contributed by atoms with Crippen molar-refractivity contribution in [3.63, 3.8) is 0 Å². The summed E-state index contributed by atoms with van der Waals surface area (Å²) in [5, 5.41) is 3.49. The van der Waals surface area contributed by atoms with Crippen LogP contribution in [0.4, 0.5) is 5.69 Å². The Kier molecular flexibility index (Phi) is 6.49. The largest absolute Gasteiger partial charge is 0.454 e. The Balaban J connectivity index is 1.50. The minimum Gasteiger partial charge on any atom is -0.454 e. The van der Waals surface area contributed by atoms with Gasteiger partial charge in [0.05, 0.1) is 16.5 Å². The number of pyridine rings is 1. The summed E-state index contributed by atoms with van der Waals surface area (Å²) in [5.74, 6) is 1.98. The Morgan fingerprint density at radius 1 is 1.16 bits per heavy atom. The van der Waals surface area contributed by atoms with Gasteiger partial charge in [-0.25, -0.2) is 0 Å². The van der Waals surface area contributed by atoms with Gasteiger partial charge in [0.25, 0.3) is 0 Å². The molecule has 6 heteroatoms. The van der Waals surface area contributed by atoms with E-state index in [1.54, 1.807) is 30.6 Å². The number of benzene rings is 2. The number of nitrogens with zero attached hydrogens (tertiary/aromatic N) is 1. The molecule has 0 radical (unpaired) electrons. The molecular weight excluding hydrogens is 431 g/mol. The summed E-state index contributed by atoms with van der Waals surface area (Å²) in [6.07, 6.45) is 6.06. The quantitative estimate of drug-likeness (QED) is 0.405. The van der Waals surface area contributed by atoms with Gasteiger partial charge in [-0.1, -0.05) is 49.2 Å². The van der Waals surface area contributed by atoms with E-state index in [4.69, 9.17) is 27.9 Å². The van der Waals surface area contributed by atoms with Crippen molar-refractivity contribution < 1.29 is 9.53 Å². The van der Waals surface area contributed by atoms with Gasteiger partial charge in [-0.2, -0.15) is 0 Å². The standard InChI is InChI=1S/C25H24Cl2N2O2/c1-15(2)21-13-19(7-8-20(21)17-5-6-17)31-25-22(26)11-18(12-23(25)27)29-24(30)10-16-4-3-9-28-14-16/h3-4,7-9,11-15,17H,5-6,10H2,1-2H3,(H,29,30). The molecule has 1 N–H and O–H groups in total. The smallest absolute Gasteiger partial charge is 0.228 e. The minimum absolute atomic E-state index is 0.175. The molecule has 1 aromatic heterocycles. The fourth-order valence-corrected chi connectivity index (χ4v) is 4.19. The fourth-order valence-electron chi connectivity index (χ4n) is 3.62. The van der Waals surface area contributed by atoms with Gasteiger partial charge in [-0.15, -0.1) is 0 Å². The maximum atomic E-state index is 12.3. The second-order valence-electron chi connectivity index (χ2n) is 8.18. The van der Waals surface area contributed by atoms with Gasteiger partial charge < -0.3 is 10.1 Å². The van der Waals surface area contributed by atoms with E-state index in [0.717, 1.165) is 5.56 Å². The van der Waals surface area contributed by atoms with Gasteiger partial charge in [0.15, 0.2) is 5.75 Å². The van der Waals surface area contributed by atoms with Crippen LogP contribution in [0.25, 0.3) is 0 Å². The van der Waals surface area contributed by atoms with Gasteiger partial charge in [0.2, 0.25) is 5.91 Å². The van der Waals surface area contributed by atoms with Crippen LogP contribution in [0, 0.1) is 0 Å². The van der Waals surface area contributed by atoms with E-state index in [1.165, 1.54) is 24.0 Å². The highest BCUT2D eigenvalue weighted by atomic mass is 35.5. The zero-order valence-corrected chi connectivity index (χ0v) is 19.0. The van der Waals surface area contributed by atoms with Crippen molar-refractivity contribution in [1.82, 2.24) is 4.98 Å². The molecule has 1 amide bonds. The summed E-state index contributed by atoms with van der Waals surface area (Å²) in [7, 11) is 0. The Morgan fingerprint density at radius 3 is 2.52 bits per heavy atom. The lowest BCUT2D eigenvalue weighted by Gasteiger charge is -2.16. The molecule has 1 aliphatic rings. The minimum atomic E-state index is -0.175. The number of nitrogens with one attached hydrogen (secondary N) is 1. The van der Waals surface area contributed by atoms with Crippen LogP contribution >= 0.6 is 23.2 Å². The lowest BCUT2D eigenvalue weighted by atomic mass is 9.94. The Bertz CT molecular complexity index is 1070. The molecule has 2 aromatic carbocycles. The predicted molar refractivity (Wildman–Crippen MR) is 126 cm³/mol. The highest BCUT2D eigenvalue weighted by molar-refractivity contribution is 6.37. The number of anilines is 1. The number of rotatable bonds is 7. The van der Waals surface area contributed by atoms with Crippen LogP contribution in [0.2, 0.25) is 10.0 Å². The number of amides is 1. The zero-order chi connectivity index (χ0) is 22.0. The van der Waals surface area contributed by atoms with E-state index < -0.39 is 0 Å². The van der Waals surface area contributed by atoms with E-state index in [9.17, 15) is 4.79 Å². The molecule has 0 saturated heterocycles. The molecule has 0 spiro atoms. The maximum Gasteiger partial charge on any atom is 0.228 e. The summed E-state index contributed by atoms with van der Waals surface area (Å²) < 4.78 is 6.06. The van der Waals surface area contributed by atoms with Crippen LogP contribution in [-0.2, 0) is 11.2 Å². The maximum absolute atomic E-state index is 12.3. The molecule has 1 heterocycles. The molecule has 4 nitrogen and oxygen atoms in total. The zero-order valence-electron chi connectivity index (χ0n) is 17.5. The summed E-state index contributed by atoms with van der Waals surface area (Å²) in [4.78, 5) is 16.3. The second kappa shape index (κ2) is 9.29. The molecule has 0 aliphatic heterocycles. The highest BCUT2D eigenvalue weighted by Crippen LogP contribution is 2.45. The number of carbonyl (C=O) groups is 1. The summed E-state index contributed by atoms with van der Waals surface area (Å²) in [5.41, 5.74) is 4.05. The average molecular weight is 455 g/mol. The van der Waals surface area contributed by atoms with E-state index in [-0.39, 0.29) is 12.3 Å². The summed E-state index contributed by atoms with van der Waals surface area (Å²) in [6.45, 7) is 4.38. The van der Waals surface area contributed by atoms with Crippen LogP contribution < -0.4 is 10.1 Å². The van der Waals surface area contributed by atoms with Crippen LogP contribution in [0.3, 0.4) is 0 Å². The van der Waals surface area contributed by atoms with E-state index in [1.807, 2.05) is 12.1 Å².